The first-order valence-corrected chi connectivity index (χ1v) is 3.55. The van der Waals surface area contributed by atoms with Gasteiger partial charge in [0.2, 0.25) is 0 Å². The molecule has 1 fully saturated rings. The maximum absolute atomic E-state index is 5.31. The first-order valence-electron chi connectivity index (χ1n) is 3.55. The standard InChI is InChI=1S/C7H13NO/c1-2-8-6-7-4-3-5-9-7/h6-7H,2-5H2,1H3. The van der Waals surface area contributed by atoms with Crippen LogP contribution < -0.4 is 0 Å². The summed E-state index contributed by atoms with van der Waals surface area (Å²) in [5.41, 5.74) is 0. The molecule has 0 aromatic carbocycles. The van der Waals surface area contributed by atoms with Crippen LogP contribution in [0.5, 0.6) is 0 Å². The third kappa shape index (κ3) is 2.14. The number of rotatable bonds is 2. The van der Waals surface area contributed by atoms with Crippen molar-refractivity contribution in [2.24, 2.45) is 4.99 Å². The molecule has 0 aliphatic carbocycles. The molecule has 1 unspecified atom stereocenters. The molecule has 0 bridgehead atoms. The zero-order chi connectivity index (χ0) is 6.53. The molecule has 1 rings (SSSR count). The molecule has 0 amide bonds. The molecule has 1 aliphatic heterocycles. The van der Waals surface area contributed by atoms with Crippen LogP contribution in [0, 0.1) is 0 Å². The zero-order valence-corrected chi connectivity index (χ0v) is 5.84. The van der Waals surface area contributed by atoms with Gasteiger partial charge in [-0.3, -0.25) is 4.99 Å². The van der Waals surface area contributed by atoms with E-state index in [1.165, 1.54) is 6.42 Å². The average molecular weight is 127 g/mol. The van der Waals surface area contributed by atoms with E-state index in [1.807, 2.05) is 13.1 Å². The molecule has 0 aromatic rings. The predicted molar refractivity (Wildman–Crippen MR) is 38.0 cm³/mol. The van der Waals surface area contributed by atoms with Crippen molar-refractivity contribution in [3.05, 3.63) is 0 Å². The van der Waals surface area contributed by atoms with Gasteiger partial charge in [0.25, 0.3) is 0 Å². The summed E-state index contributed by atoms with van der Waals surface area (Å²) >= 11 is 0. The molecule has 1 heterocycles. The van der Waals surface area contributed by atoms with Crippen LogP contribution in [-0.2, 0) is 4.74 Å². The van der Waals surface area contributed by atoms with Crippen LogP contribution >= 0.6 is 0 Å². The number of hydrogen-bond donors (Lipinski definition) is 0. The molecule has 1 atom stereocenters. The lowest BCUT2D eigenvalue weighted by Gasteiger charge is -1.98. The Labute approximate surface area is 55.9 Å². The van der Waals surface area contributed by atoms with E-state index in [1.54, 1.807) is 0 Å². The van der Waals surface area contributed by atoms with Crippen molar-refractivity contribution < 1.29 is 4.74 Å². The van der Waals surface area contributed by atoms with E-state index >= 15 is 0 Å². The SMILES string of the molecule is CCN=CC1CCCO1. The Kier molecular flexibility index (Phi) is 2.71. The molecule has 0 saturated carbocycles. The summed E-state index contributed by atoms with van der Waals surface area (Å²) < 4.78 is 5.31. The van der Waals surface area contributed by atoms with Crippen LogP contribution in [0.15, 0.2) is 4.99 Å². The second kappa shape index (κ2) is 3.62. The molecule has 52 valence electrons. The second-order valence-electron chi connectivity index (χ2n) is 2.20. The summed E-state index contributed by atoms with van der Waals surface area (Å²) in [6.45, 7) is 3.83. The topological polar surface area (TPSA) is 21.6 Å². The average Bonchev–Trinajstić information content (AvgIpc) is 2.34. The Morgan fingerprint density at radius 2 is 2.67 bits per heavy atom. The number of aliphatic imine (C=N–C) groups is 1. The summed E-state index contributed by atoms with van der Waals surface area (Å²) in [7, 11) is 0. The molecular weight excluding hydrogens is 114 g/mol. The number of hydrogen-bond acceptors (Lipinski definition) is 2. The summed E-state index contributed by atoms with van der Waals surface area (Å²) in [5, 5.41) is 0. The van der Waals surface area contributed by atoms with Crippen LogP contribution in [0.2, 0.25) is 0 Å². The maximum Gasteiger partial charge on any atom is 0.0922 e. The highest BCUT2D eigenvalue weighted by molar-refractivity contribution is 5.63. The molecule has 0 spiro atoms. The lowest BCUT2D eigenvalue weighted by Crippen LogP contribution is -2.05. The molecule has 0 aromatic heterocycles. The summed E-state index contributed by atoms with van der Waals surface area (Å²) in [5.74, 6) is 0. The Hall–Kier alpha value is -0.370. The van der Waals surface area contributed by atoms with Gasteiger partial charge in [0.1, 0.15) is 0 Å². The van der Waals surface area contributed by atoms with Gasteiger partial charge in [0, 0.05) is 19.4 Å². The van der Waals surface area contributed by atoms with Gasteiger partial charge < -0.3 is 4.74 Å². The van der Waals surface area contributed by atoms with Crippen molar-refractivity contribution in [1.82, 2.24) is 0 Å². The predicted octanol–water partition coefficient (Wildman–Crippen LogP) is 1.26. The highest BCUT2D eigenvalue weighted by atomic mass is 16.5. The van der Waals surface area contributed by atoms with E-state index in [-0.39, 0.29) is 0 Å². The van der Waals surface area contributed by atoms with Crippen molar-refractivity contribution in [1.29, 1.82) is 0 Å². The molecule has 1 saturated heterocycles. The molecule has 0 N–H and O–H groups in total. The number of nitrogens with zero attached hydrogens (tertiary/aromatic N) is 1. The first kappa shape index (κ1) is 6.75. The Morgan fingerprint density at radius 3 is 3.22 bits per heavy atom. The Balaban J connectivity index is 2.18. The fourth-order valence-electron chi connectivity index (χ4n) is 0.943. The van der Waals surface area contributed by atoms with Gasteiger partial charge >= 0.3 is 0 Å². The first-order chi connectivity index (χ1) is 4.43. The minimum absolute atomic E-state index is 0.324. The van der Waals surface area contributed by atoms with E-state index in [4.69, 9.17) is 4.74 Å². The minimum Gasteiger partial charge on any atom is -0.373 e. The zero-order valence-electron chi connectivity index (χ0n) is 5.84. The number of ether oxygens (including phenoxy) is 1. The van der Waals surface area contributed by atoms with Crippen LogP contribution in [-0.4, -0.2) is 25.5 Å². The summed E-state index contributed by atoms with van der Waals surface area (Å²) in [6.07, 6.45) is 4.60. The molecule has 9 heavy (non-hydrogen) atoms. The maximum atomic E-state index is 5.31. The van der Waals surface area contributed by atoms with Crippen LogP contribution in [0.25, 0.3) is 0 Å². The molecule has 1 aliphatic rings. The Morgan fingerprint density at radius 1 is 1.78 bits per heavy atom. The van der Waals surface area contributed by atoms with Gasteiger partial charge in [-0.2, -0.15) is 0 Å². The van der Waals surface area contributed by atoms with Gasteiger partial charge in [-0.1, -0.05) is 0 Å². The fraction of sp³-hybridized carbons (Fsp3) is 0.857. The molecule has 2 nitrogen and oxygen atoms in total. The highest BCUT2D eigenvalue weighted by Gasteiger charge is 2.11. The van der Waals surface area contributed by atoms with Crippen molar-refractivity contribution >= 4 is 6.21 Å². The van der Waals surface area contributed by atoms with E-state index in [0.29, 0.717) is 6.10 Å². The third-order valence-electron chi connectivity index (χ3n) is 1.42. The van der Waals surface area contributed by atoms with Crippen LogP contribution in [0.4, 0.5) is 0 Å². The van der Waals surface area contributed by atoms with Crippen molar-refractivity contribution in [3.63, 3.8) is 0 Å². The fourth-order valence-corrected chi connectivity index (χ4v) is 0.943. The van der Waals surface area contributed by atoms with Gasteiger partial charge in [-0.05, 0) is 19.8 Å². The lowest BCUT2D eigenvalue weighted by atomic mass is 10.3. The highest BCUT2D eigenvalue weighted by Crippen LogP contribution is 2.09. The normalized spacial score (nSPS) is 27.9. The van der Waals surface area contributed by atoms with Crippen molar-refractivity contribution in [2.75, 3.05) is 13.2 Å². The van der Waals surface area contributed by atoms with Gasteiger partial charge in [-0.25, -0.2) is 0 Å². The Bertz CT molecular complexity index is 95.1. The van der Waals surface area contributed by atoms with Crippen molar-refractivity contribution in [3.8, 4) is 0 Å². The van der Waals surface area contributed by atoms with E-state index in [2.05, 4.69) is 4.99 Å². The quantitative estimate of drug-likeness (QED) is 0.512. The summed E-state index contributed by atoms with van der Waals surface area (Å²) in [4.78, 5) is 4.10. The largest absolute Gasteiger partial charge is 0.373 e. The smallest absolute Gasteiger partial charge is 0.0922 e. The molecule has 0 radical (unpaired) electrons. The lowest BCUT2D eigenvalue weighted by molar-refractivity contribution is 0.161. The minimum atomic E-state index is 0.324. The van der Waals surface area contributed by atoms with E-state index in [9.17, 15) is 0 Å². The monoisotopic (exact) mass is 127 g/mol. The molecular formula is C7H13NO. The van der Waals surface area contributed by atoms with Gasteiger partial charge in [0.15, 0.2) is 0 Å². The van der Waals surface area contributed by atoms with E-state index in [0.717, 1.165) is 19.6 Å². The molecule has 2 heteroatoms. The van der Waals surface area contributed by atoms with E-state index < -0.39 is 0 Å². The van der Waals surface area contributed by atoms with Crippen LogP contribution in [0.1, 0.15) is 19.8 Å². The van der Waals surface area contributed by atoms with Gasteiger partial charge in [0.05, 0.1) is 6.10 Å². The van der Waals surface area contributed by atoms with Gasteiger partial charge in [-0.15, -0.1) is 0 Å². The third-order valence-corrected chi connectivity index (χ3v) is 1.42. The van der Waals surface area contributed by atoms with Crippen LogP contribution in [0.3, 0.4) is 0 Å². The summed E-state index contributed by atoms with van der Waals surface area (Å²) in [6, 6.07) is 0. The van der Waals surface area contributed by atoms with Crippen molar-refractivity contribution in [2.45, 2.75) is 25.9 Å². The second-order valence-corrected chi connectivity index (χ2v) is 2.20.